The number of nitrogens with one attached hydrogen (secondary N) is 2. The molecule has 164 valence electrons. The number of aliphatic hydroxyl groups is 1. The largest absolute Gasteiger partial charge is 0.484 e. The lowest BCUT2D eigenvalue weighted by molar-refractivity contribution is -0.123. The third kappa shape index (κ3) is 10.2. The summed E-state index contributed by atoms with van der Waals surface area (Å²) in [6.07, 6.45) is 1.32. The predicted molar refractivity (Wildman–Crippen MR) is 116 cm³/mol. The number of benzene rings is 2. The van der Waals surface area contributed by atoms with Gasteiger partial charge in [0.2, 0.25) is 0 Å². The average molecular weight is 417 g/mol. The first kappa shape index (κ1) is 23.7. The topological polar surface area (TPSA) is 89.1 Å². The quantitative estimate of drug-likeness (QED) is 0.305. The molecule has 0 aliphatic rings. The van der Waals surface area contributed by atoms with E-state index >= 15 is 0 Å². The van der Waals surface area contributed by atoms with Crippen molar-refractivity contribution >= 4 is 5.91 Å². The first-order valence-corrected chi connectivity index (χ1v) is 10.2. The Kier molecular flexibility index (Phi) is 11.3. The molecule has 0 aromatic heterocycles. The van der Waals surface area contributed by atoms with Gasteiger partial charge in [-0.05, 0) is 49.2 Å². The molecule has 1 amide bonds. The molecule has 30 heavy (non-hydrogen) atoms. The van der Waals surface area contributed by atoms with Crippen molar-refractivity contribution in [3.8, 4) is 11.5 Å². The second-order valence-electron chi connectivity index (χ2n) is 6.80. The van der Waals surface area contributed by atoms with Crippen LogP contribution in [0.1, 0.15) is 18.4 Å². The highest BCUT2D eigenvalue weighted by atomic mass is 16.6. The molecule has 0 aliphatic heterocycles. The van der Waals surface area contributed by atoms with Crippen molar-refractivity contribution in [2.75, 3.05) is 40.0 Å². The van der Waals surface area contributed by atoms with Gasteiger partial charge in [0.15, 0.2) is 12.9 Å². The number of carbonyl (C=O) groups excluding carboxylic acids is 1. The zero-order chi connectivity index (χ0) is 21.4. The van der Waals surface area contributed by atoms with Crippen LogP contribution in [0.25, 0.3) is 0 Å². The lowest BCUT2D eigenvalue weighted by Gasteiger charge is -2.13. The van der Waals surface area contributed by atoms with Crippen molar-refractivity contribution in [1.82, 2.24) is 10.6 Å². The van der Waals surface area contributed by atoms with E-state index in [1.807, 2.05) is 54.6 Å². The van der Waals surface area contributed by atoms with Crippen LogP contribution < -0.4 is 20.1 Å². The summed E-state index contributed by atoms with van der Waals surface area (Å²) in [7, 11) is 1.64. The van der Waals surface area contributed by atoms with Gasteiger partial charge in [0.05, 0.1) is 0 Å². The molecule has 1 unspecified atom stereocenters. The number of amides is 1. The van der Waals surface area contributed by atoms with E-state index in [1.54, 1.807) is 7.11 Å². The number of methoxy groups -OCH3 is 1. The van der Waals surface area contributed by atoms with Crippen molar-refractivity contribution < 1.29 is 24.1 Å². The molecule has 3 N–H and O–H groups in total. The number of rotatable bonds is 15. The van der Waals surface area contributed by atoms with Crippen molar-refractivity contribution in [3.05, 3.63) is 60.2 Å². The van der Waals surface area contributed by atoms with Gasteiger partial charge in [-0.3, -0.25) is 4.79 Å². The summed E-state index contributed by atoms with van der Waals surface area (Å²) in [5, 5.41) is 16.0. The lowest BCUT2D eigenvalue weighted by Crippen LogP contribution is -2.30. The summed E-state index contributed by atoms with van der Waals surface area (Å²) in [6.45, 7) is 2.66. The monoisotopic (exact) mass is 416 g/mol. The Labute approximate surface area is 178 Å². The van der Waals surface area contributed by atoms with Gasteiger partial charge in [-0.15, -0.1) is 0 Å². The summed E-state index contributed by atoms with van der Waals surface area (Å²) >= 11 is 0. The van der Waals surface area contributed by atoms with Gasteiger partial charge in [0, 0.05) is 33.2 Å². The Morgan fingerprint density at radius 1 is 1.00 bits per heavy atom. The summed E-state index contributed by atoms with van der Waals surface area (Å²) < 4.78 is 15.9. The Morgan fingerprint density at radius 3 is 2.50 bits per heavy atom. The molecule has 0 bridgehead atoms. The molecule has 0 saturated carbocycles. The van der Waals surface area contributed by atoms with E-state index in [2.05, 4.69) is 10.6 Å². The first-order chi connectivity index (χ1) is 14.7. The van der Waals surface area contributed by atoms with E-state index in [4.69, 9.17) is 14.2 Å². The van der Waals surface area contributed by atoms with E-state index in [-0.39, 0.29) is 12.5 Å². The van der Waals surface area contributed by atoms with Gasteiger partial charge in [-0.2, -0.15) is 0 Å². The van der Waals surface area contributed by atoms with Gasteiger partial charge in [0.25, 0.3) is 5.91 Å². The van der Waals surface area contributed by atoms with Crippen LogP contribution in [0.2, 0.25) is 0 Å². The highest BCUT2D eigenvalue weighted by molar-refractivity contribution is 5.77. The van der Waals surface area contributed by atoms with Crippen LogP contribution in [-0.4, -0.2) is 57.3 Å². The van der Waals surface area contributed by atoms with Crippen LogP contribution in [0, 0.1) is 0 Å². The molecule has 2 aromatic rings. The van der Waals surface area contributed by atoms with Crippen LogP contribution in [0.4, 0.5) is 0 Å². The molecule has 0 saturated heterocycles. The van der Waals surface area contributed by atoms with E-state index in [0.717, 1.165) is 19.4 Å². The van der Waals surface area contributed by atoms with Gasteiger partial charge in [-0.25, -0.2) is 0 Å². The number of carbonyl (C=O) groups is 1. The Morgan fingerprint density at radius 2 is 1.77 bits per heavy atom. The van der Waals surface area contributed by atoms with E-state index in [1.165, 1.54) is 5.56 Å². The van der Waals surface area contributed by atoms with Crippen LogP contribution in [0.15, 0.2) is 54.6 Å². The Balaban J connectivity index is 1.54. The number of hydrogen-bond donors (Lipinski definition) is 3. The third-order valence-corrected chi connectivity index (χ3v) is 4.31. The van der Waals surface area contributed by atoms with E-state index in [0.29, 0.717) is 37.6 Å². The van der Waals surface area contributed by atoms with Crippen LogP contribution in [0.5, 0.6) is 11.5 Å². The minimum Gasteiger partial charge on any atom is -0.484 e. The lowest BCUT2D eigenvalue weighted by atomic mass is 10.1. The van der Waals surface area contributed by atoms with E-state index < -0.39 is 6.29 Å². The molecule has 2 rings (SSSR count). The molecule has 7 heteroatoms. The fourth-order valence-electron chi connectivity index (χ4n) is 2.69. The highest BCUT2D eigenvalue weighted by Crippen LogP contribution is 2.13. The minimum atomic E-state index is -0.825. The van der Waals surface area contributed by atoms with Crippen molar-refractivity contribution in [3.63, 3.8) is 0 Å². The second kappa shape index (κ2) is 14.4. The fraction of sp³-hybridized carbons (Fsp3) is 0.435. The molecule has 2 aromatic carbocycles. The smallest absolute Gasteiger partial charge is 0.257 e. The summed E-state index contributed by atoms with van der Waals surface area (Å²) in [5.74, 6) is 1.19. The van der Waals surface area contributed by atoms with Crippen molar-refractivity contribution in [1.29, 1.82) is 0 Å². The molecule has 0 fully saturated rings. The van der Waals surface area contributed by atoms with Crippen molar-refractivity contribution in [2.24, 2.45) is 0 Å². The number of ether oxygens (including phenoxy) is 3. The molecular formula is C23H32N2O5. The SMILES string of the molecule is COCCCNC(=O)COc1ccc(CCNCCC(O)Oc2ccccc2)cc1. The highest BCUT2D eigenvalue weighted by Gasteiger charge is 2.05. The summed E-state index contributed by atoms with van der Waals surface area (Å²) in [5.41, 5.74) is 1.17. The molecule has 0 heterocycles. The van der Waals surface area contributed by atoms with Crippen molar-refractivity contribution in [2.45, 2.75) is 25.6 Å². The molecule has 0 spiro atoms. The molecule has 0 aliphatic carbocycles. The maximum atomic E-state index is 11.7. The van der Waals surface area contributed by atoms with E-state index in [9.17, 15) is 9.90 Å². The number of hydrogen-bond acceptors (Lipinski definition) is 6. The first-order valence-electron chi connectivity index (χ1n) is 10.2. The Hall–Kier alpha value is -2.61. The average Bonchev–Trinajstić information content (AvgIpc) is 2.76. The maximum absolute atomic E-state index is 11.7. The minimum absolute atomic E-state index is 0.00125. The normalized spacial score (nSPS) is 11.7. The standard InChI is InChI=1S/C23H32N2O5/c1-28-17-5-14-25-22(26)18-29-20-10-8-19(9-11-20)12-15-24-16-13-23(27)30-21-6-3-2-4-7-21/h2-4,6-11,23-24,27H,5,12-18H2,1H3,(H,25,26). The van der Waals surface area contributed by atoms with Gasteiger partial charge in [-0.1, -0.05) is 30.3 Å². The van der Waals surface area contributed by atoms with Gasteiger partial charge in [0.1, 0.15) is 11.5 Å². The number of para-hydroxylation sites is 1. The molecular weight excluding hydrogens is 384 g/mol. The van der Waals surface area contributed by atoms with Crippen LogP contribution >= 0.6 is 0 Å². The zero-order valence-electron chi connectivity index (χ0n) is 17.5. The predicted octanol–water partition coefficient (Wildman–Crippen LogP) is 2.14. The van der Waals surface area contributed by atoms with Crippen LogP contribution in [-0.2, 0) is 16.0 Å². The molecule has 0 radical (unpaired) electrons. The zero-order valence-corrected chi connectivity index (χ0v) is 17.5. The van der Waals surface area contributed by atoms with Gasteiger partial charge >= 0.3 is 0 Å². The second-order valence-corrected chi connectivity index (χ2v) is 6.80. The Bertz CT molecular complexity index is 709. The molecule has 7 nitrogen and oxygen atoms in total. The molecule has 1 atom stereocenters. The maximum Gasteiger partial charge on any atom is 0.257 e. The van der Waals surface area contributed by atoms with Crippen LogP contribution in [0.3, 0.4) is 0 Å². The fourth-order valence-corrected chi connectivity index (χ4v) is 2.69. The summed E-state index contributed by atoms with van der Waals surface area (Å²) in [4.78, 5) is 11.7. The summed E-state index contributed by atoms with van der Waals surface area (Å²) in [6, 6.07) is 17.0. The number of aliphatic hydroxyl groups excluding tert-OH is 1. The third-order valence-electron chi connectivity index (χ3n) is 4.31. The van der Waals surface area contributed by atoms with Gasteiger partial charge < -0.3 is 30.0 Å².